The molecule has 220 valence electrons. The molecule has 5 aromatic carbocycles. The van der Waals surface area contributed by atoms with Gasteiger partial charge < -0.3 is 9.13 Å². The van der Waals surface area contributed by atoms with E-state index in [1.807, 2.05) is 36.4 Å². The highest BCUT2D eigenvalue weighted by Gasteiger charge is 2.19. The van der Waals surface area contributed by atoms with Crippen LogP contribution in [0.5, 0.6) is 0 Å². The zero-order valence-corrected chi connectivity index (χ0v) is 26.9. The van der Waals surface area contributed by atoms with E-state index < -0.39 is 0 Å². The zero-order chi connectivity index (χ0) is 30.9. The van der Waals surface area contributed by atoms with Crippen LogP contribution in [0, 0.1) is 18.3 Å². The smallest absolute Gasteiger partial charge is 0.141 e. The predicted molar refractivity (Wildman–Crippen MR) is 186 cm³/mol. The van der Waals surface area contributed by atoms with Crippen molar-refractivity contribution in [3.63, 3.8) is 0 Å². The van der Waals surface area contributed by atoms with E-state index in [0.717, 1.165) is 85.4 Å². The van der Waals surface area contributed by atoms with Crippen LogP contribution in [0.25, 0.3) is 44.6 Å². The molecule has 0 aliphatic heterocycles. The van der Waals surface area contributed by atoms with Crippen LogP contribution < -0.4 is 0 Å². The van der Waals surface area contributed by atoms with Gasteiger partial charge in [-0.05, 0) is 77.6 Å². The largest absolute Gasteiger partial charge is 0.323 e. The van der Waals surface area contributed by atoms with E-state index in [1.165, 1.54) is 5.56 Å². The Morgan fingerprint density at radius 2 is 1.49 bits per heavy atom. The summed E-state index contributed by atoms with van der Waals surface area (Å²) in [6, 6.07) is 40.1. The van der Waals surface area contributed by atoms with Crippen LogP contribution in [0.1, 0.15) is 41.4 Å². The molecule has 6 heteroatoms. The van der Waals surface area contributed by atoms with Gasteiger partial charge in [-0.25, -0.2) is 9.97 Å². The van der Waals surface area contributed by atoms with Gasteiger partial charge in [0, 0.05) is 29.5 Å². The van der Waals surface area contributed by atoms with Crippen molar-refractivity contribution in [2.24, 2.45) is 0 Å². The van der Waals surface area contributed by atoms with Gasteiger partial charge in [-0.15, -0.1) is 0 Å². The van der Waals surface area contributed by atoms with Crippen LogP contribution in [0.3, 0.4) is 0 Å². The molecule has 0 unspecified atom stereocenters. The molecule has 0 fully saturated rings. The maximum Gasteiger partial charge on any atom is 0.141 e. The van der Waals surface area contributed by atoms with Crippen molar-refractivity contribution in [3.05, 3.63) is 142 Å². The van der Waals surface area contributed by atoms with Crippen molar-refractivity contribution in [1.29, 1.82) is 5.26 Å². The lowest BCUT2D eigenvalue weighted by Gasteiger charge is -2.13. The Morgan fingerprint density at radius 3 is 2.24 bits per heavy atom. The number of rotatable bonds is 8. The predicted octanol–water partition coefficient (Wildman–Crippen LogP) is 9.71. The molecule has 45 heavy (non-hydrogen) atoms. The molecule has 0 radical (unpaired) electrons. The summed E-state index contributed by atoms with van der Waals surface area (Å²) in [7, 11) is 0. The molecular formula is C39H32BrN5. The average Bonchev–Trinajstić information content (AvgIpc) is 3.59. The third-order valence-corrected chi connectivity index (χ3v) is 8.87. The van der Waals surface area contributed by atoms with Crippen molar-refractivity contribution < 1.29 is 0 Å². The molecule has 0 aliphatic carbocycles. The first-order valence-corrected chi connectivity index (χ1v) is 16.1. The molecule has 0 atom stereocenters. The van der Waals surface area contributed by atoms with Crippen LogP contribution in [-0.2, 0) is 19.5 Å². The average molecular weight is 651 g/mol. The van der Waals surface area contributed by atoms with Gasteiger partial charge in [0.25, 0.3) is 0 Å². The number of nitriles is 1. The third-order valence-electron chi connectivity index (χ3n) is 8.38. The second kappa shape index (κ2) is 12.2. The summed E-state index contributed by atoms with van der Waals surface area (Å²) in [6.07, 6.45) is 1.87. The normalized spacial score (nSPS) is 11.3. The standard InChI is InChI=1S/C39H32BrN5/c1-3-10-37-43-38-26(2)19-30(39-42-34-22-32(40)16-18-35(34)45(39)24-27-11-6-4-7-12-27)21-36(38)44(37)25-28-15-17-33(31(20-28)23-41)29-13-8-5-9-14-29/h4-9,11-22H,3,10,24-25H2,1-2H3. The molecule has 2 aromatic heterocycles. The quantitative estimate of drug-likeness (QED) is 0.165. The van der Waals surface area contributed by atoms with Crippen molar-refractivity contribution >= 4 is 38.0 Å². The van der Waals surface area contributed by atoms with Gasteiger partial charge in [-0.1, -0.05) is 95.7 Å². The van der Waals surface area contributed by atoms with Gasteiger partial charge in [0.15, 0.2) is 0 Å². The van der Waals surface area contributed by atoms with Gasteiger partial charge in [0.05, 0.1) is 33.7 Å². The van der Waals surface area contributed by atoms with Gasteiger partial charge in [0.2, 0.25) is 0 Å². The number of aryl methyl sites for hydroxylation is 2. The lowest BCUT2D eigenvalue weighted by atomic mass is 9.98. The summed E-state index contributed by atoms with van der Waals surface area (Å²) < 4.78 is 5.65. The molecule has 7 rings (SSSR count). The lowest BCUT2D eigenvalue weighted by Crippen LogP contribution is -2.06. The molecule has 0 saturated heterocycles. The van der Waals surface area contributed by atoms with E-state index in [0.29, 0.717) is 12.1 Å². The Morgan fingerprint density at radius 1 is 0.733 bits per heavy atom. The van der Waals surface area contributed by atoms with Crippen molar-refractivity contribution in [2.75, 3.05) is 0 Å². The SMILES string of the molecule is CCCc1nc2c(C)cc(-c3nc4cc(Br)ccc4n3Cc3ccccc3)cc2n1Cc1ccc(-c2ccccc2)c(C#N)c1. The van der Waals surface area contributed by atoms with Crippen molar-refractivity contribution in [3.8, 4) is 28.6 Å². The van der Waals surface area contributed by atoms with Gasteiger partial charge in [-0.3, -0.25) is 0 Å². The molecule has 0 bridgehead atoms. The lowest BCUT2D eigenvalue weighted by molar-refractivity contribution is 0.721. The Bertz CT molecular complexity index is 2200. The fourth-order valence-corrected chi connectivity index (χ4v) is 6.59. The van der Waals surface area contributed by atoms with Gasteiger partial charge in [0.1, 0.15) is 11.6 Å². The molecule has 5 nitrogen and oxygen atoms in total. The third kappa shape index (κ3) is 5.56. The monoisotopic (exact) mass is 649 g/mol. The summed E-state index contributed by atoms with van der Waals surface area (Å²) >= 11 is 3.64. The molecule has 2 heterocycles. The Kier molecular flexibility index (Phi) is 7.79. The Hall–Kier alpha value is -4.99. The van der Waals surface area contributed by atoms with E-state index in [2.05, 4.69) is 118 Å². The van der Waals surface area contributed by atoms with Crippen LogP contribution in [0.15, 0.2) is 114 Å². The number of nitrogens with zero attached hydrogens (tertiary/aromatic N) is 5. The first-order chi connectivity index (χ1) is 22.0. The van der Waals surface area contributed by atoms with Crippen LogP contribution in [0.4, 0.5) is 0 Å². The van der Waals surface area contributed by atoms with E-state index in [-0.39, 0.29) is 0 Å². The Balaban J connectivity index is 1.36. The minimum absolute atomic E-state index is 0.631. The van der Waals surface area contributed by atoms with Crippen LogP contribution >= 0.6 is 15.9 Å². The minimum atomic E-state index is 0.631. The molecule has 7 aromatic rings. The summed E-state index contributed by atoms with van der Waals surface area (Å²) in [5.74, 6) is 1.99. The molecule has 0 saturated carbocycles. The summed E-state index contributed by atoms with van der Waals surface area (Å²) in [5.41, 5.74) is 11.3. The molecular weight excluding hydrogens is 618 g/mol. The van der Waals surface area contributed by atoms with Crippen LogP contribution in [-0.4, -0.2) is 19.1 Å². The highest BCUT2D eigenvalue weighted by molar-refractivity contribution is 9.10. The fourth-order valence-electron chi connectivity index (χ4n) is 6.24. The second-order valence-electron chi connectivity index (χ2n) is 11.5. The molecule has 0 aliphatic rings. The van der Waals surface area contributed by atoms with E-state index in [4.69, 9.17) is 9.97 Å². The van der Waals surface area contributed by atoms with Gasteiger partial charge >= 0.3 is 0 Å². The highest BCUT2D eigenvalue weighted by atomic mass is 79.9. The molecule has 0 amide bonds. The van der Waals surface area contributed by atoms with Crippen molar-refractivity contribution in [1.82, 2.24) is 19.1 Å². The maximum atomic E-state index is 10.1. The number of fused-ring (bicyclic) bond motifs is 2. The number of imidazole rings is 2. The van der Waals surface area contributed by atoms with E-state index in [1.54, 1.807) is 0 Å². The van der Waals surface area contributed by atoms with Crippen LogP contribution in [0.2, 0.25) is 0 Å². The Labute approximate surface area is 271 Å². The summed E-state index contributed by atoms with van der Waals surface area (Å²) in [4.78, 5) is 10.3. The number of hydrogen-bond acceptors (Lipinski definition) is 3. The van der Waals surface area contributed by atoms with Gasteiger partial charge in [-0.2, -0.15) is 5.26 Å². The minimum Gasteiger partial charge on any atom is -0.323 e. The summed E-state index contributed by atoms with van der Waals surface area (Å²) in [5, 5.41) is 10.1. The van der Waals surface area contributed by atoms with Crippen molar-refractivity contribution in [2.45, 2.75) is 39.8 Å². The first-order valence-electron chi connectivity index (χ1n) is 15.3. The molecule has 0 spiro atoms. The van der Waals surface area contributed by atoms with E-state index in [9.17, 15) is 5.26 Å². The van der Waals surface area contributed by atoms with E-state index >= 15 is 0 Å². The number of aromatic nitrogens is 4. The number of benzene rings is 5. The topological polar surface area (TPSA) is 59.4 Å². The number of hydrogen-bond donors (Lipinski definition) is 0. The fraction of sp³-hybridized carbons (Fsp3) is 0.154. The summed E-state index contributed by atoms with van der Waals surface area (Å²) in [6.45, 7) is 5.68. The highest BCUT2D eigenvalue weighted by Crippen LogP contribution is 2.33. The first kappa shape index (κ1) is 28.8. The molecule has 0 N–H and O–H groups in total. The second-order valence-corrected chi connectivity index (χ2v) is 12.4. The number of halogens is 1. The zero-order valence-electron chi connectivity index (χ0n) is 25.3. The maximum absolute atomic E-state index is 10.1.